The molecule has 0 spiro atoms. The monoisotopic (exact) mass is 411 g/mol. The molecule has 8 heteroatoms. The van der Waals surface area contributed by atoms with Crippen LogP contribution in [0.4, 0.5) is 0 Å². The summed E-state index contributed by atoms with van der Waals surface area (Å²) < 4.78 is 7.22. The Hall–Kier alpha value is -3.16. The predicted molar refractivity (Wildman–Crippen MR) is 114 cm³/mol. The largest absolute Gasteiger partial charge is 0.497 e. The van der Waals surface area contributed by atoms with Gasteiger partial charge in [0.15, 0.2) is 5.82 Å². The molecular weight excluding hydrogens is 382 g/mol. The molecule has 0 aliphatic carbocycles. The van der Waals surface area contributed by atoms with Crippen molar-refractivity contribution in [2.24, 2.45) is 0 Å². The molecule has 0 fully saturated rings. The fourth-order valence-corrected chi connectivity index (χ4v) is 3.59. The average molecular weight is 412 g/mol. The Morgan fingerprint density at radius 1 is 1.17 bits per heavy atom. The van der Waals surface area contributed by atoms with E-state index in [0.29, 0.717) is 13.1 Å². The van der Waals surface area contributed by atoms with E-state index < -0.39 is 6.04 Å². The van der Waals surface area contributed by atoms with Gasteiger partial charge in [0.05, 0.1) is 13.2 Å². The van der Waals surface area contributed by atoms with E-state index in [4.69, 9.17) is 4.74 Å². The molecule has 0 radical (unpaired) electrons. The lowest BCUT2D eigenvalue weighted by atomic mass is 10.1. The number of benzene rings is 1. The number of methoxy groups -OCH3 is 1. The van der Waals surface area contributed by atoms with Crippen LogP contribution in [0.3, 0.4) is 0 Å². The molecule has 2 aromatic rings. The molecule has 3 rings (SSSR count). The second-order valence-electron chi connectivity index (χ2n) is 7.77. The summed E-state index contributed by atoms with van der Waals surface area (Å²) in [5.74, 6) is 2.31. The van der Waals surface area contributed by atoms with Crippen LogP contribution in [-0.4, -0.2) is 51.2 Å². The van der Waals surface area contributed by atoms with Crippen molar-refractivity contribution in [2.75, 3.05) is 13.7 Å². The third-order valence-electron chi connectivity index (χ3n) is 5.29. The van der Waals surface area contributed by atoms with Crippen LogP contribution in [0.1, 0.15) is 56.9 Å². The third kappa shape index (κ3) is 4.53. The van der Waals surface area contributed by atoms with E-state index in [-0.39, 0.29) is 23.8 Å². The lowest BCUT2D eigenvalue weighted by Crippen LogP contribution is -2.50. The van der Waals surface area contributed by atoms with Crippen LogP contribution in [0.15, 0.2) is 30.3 Å². The van der Waals surface area contributed by atoms with E-state index >= 15 is 0 Å². The molecule has 30 heavy (non-hydrogen) atoms. The zero-order chi connectivity index (χ0) is 21.8. The minimum Gasteiger partial charge on any atom is -0.497 e. The maximum absolute atomic E-state index is 13.0. The van der Waals surface area contributed by atoms with Crippen LogP contribution < -0.4 is 10.1 Å². The first-order chi connectivity index (χ1) is 14.3. The molecular formula is C22H29N5O3. The lowest BCUT2D eigenvalue weighted by molar-refractivity contribution is -0.138. The molecule has 2 unspecified atom stereocenters. The number of nitrogens with zero attached hydrogens (tertiary/aromatic N) is 4. The molecule has 2 atom stereocenters. The average Bonchev–Trinajstić information content (AvgIpc) is 3.18. The minimum absolute atomic E-state index is 0.131. The standard InChI is InChI=1S/C22H29N5O3/c1-14(2)20-24-25-21-16(4)26(12-13-27(20)21)22(29)15(3)23-19(28)11-8-17-6-9-18(30-5)10-7-17/h6-11,14-16H,12-13H2,1-5H3,(H,23,28)/b11-8+. The van der Waals surface area contributed by atoms with Crippen molar-refractivity contribution in [1.29, 1.82) is 0 Å². The van der Waals surface area contributed by atoms with Gasteiger partial charge in [-0.15, -0.1) is 10.2 Å². The summed E-state index contributed by atoms with van der Waals surface area (Å²) in [6, 6.07) is 6.53. The number of hydrogen-bond donors (Lipinski definition) is 1. The van der Waals surface area contributed by atoms with Gasteiger partial charge in [0, 0.05) is 25.1 Å². The zero-order valence-electron chi connectivity index (χ0n) is 18.1. The van der Waals surface area contributed by atoms with Crippen LogP contribution >= 0.6 is 0 Å². The molecule has 0 saturated heterocycles. The van der Waals surface area contributed by atoms with E-state index in [2.05, 4.69) is 33.9 Å². The molecule has 8 nitrogen and oxygen atoms in total. The van der Waals surface area contributed by atoms with Crippen LogP contribution in [0.5, 0.6) is 5.75 Å². The van der Waals surface area contributed by atoms with Gasteiger partial charge in [0.25, 0.3) is 0 Å². The summed E-state index contributed by atoms with van der Waals surface area (Å²) in [7, 11) is 1.60. The topological polar surface area (TPSA) is 89.4 Å². The molecule has 0 saturated carbocycles. The summed E-state index contributed by atoms with van der Waals surface area (Å²) in [4.78, 5) is 27.0. The van der Waals surface area contributed by atoms with Crippen molar-refractivity contribution < 1.29 is 14.3 Å². The second kappa shape index (κ2) is 9.11. The number of carbonyl (C=O) groups is 2. The molecule has 1 N–H and O–H groups in total. The summed E-state index contributed by atoms with van der Waals surface area (Å²) >= 11 is 0. The maximum Gasteiger partial charge on any atom is 0.245 e. The quantitative estimate of drug-likeness (QED) is 0.738. The molecule has 2 heterocycles. The number of hydrogen-bond acceptors (Lipinski definition) is 5. The highest BCUT2D eigenvalue weighted by Crippen LogP contribution is 2.27. The highest BCUT2D eigenvalue weighted by atomic mass is 16.5. The number of amides is 2. The fourth-order valence-electron chi connectivity index (χ4n) is 3.59. The van der Waals surface area contributed by atoms with Gasteiger partial charge in [-0.3, -0.25) is 9.59 Å². The van der Waals surface area contributed by atoms with Gasteiger partial charge in [0.2, 0.25) is 11.8 Å². The Balaban J connectivity index is 1.60. The van der Waals surface area contributed by atoms with Crippen molar-refractivity contribution >= 4 is 17.9 Å². The Kier molecular flexibility index (Phi) is 6.54. The molecule has 1 aromatic carbocycles. The Labute approximate surface area is 176 Å². The minimum atomic E-state index is -0.639. The highest BCUT2D eigenvalue weighted by Gasteiger charge is 2.33. The first-order valence-corrected chi connectivity index (χ1v) is 10.2. The van der Waals surface area contributed by atoms with E-state index in [9.17, 15) is 9.59 Å². The number of ether oxygens (including phenoxy) is 1. The molecule has 1 aliphatic heterocycles. The third-order valence-corrected chi connectivity index (χ3v) is 5.29. The molecule has 160 valence electrons. The zero-order valence-corrected chi connectivity index (χ0v) is 18.1. The van der Waals surface area contributed by atoms with Gasteiger partial charge in [-0.1, -0.05) is 26.0 Å². The Morgan fingerprint density at radius 3 is 2.50 bits per heavy atom. The van der Waals surface area contributed by atoms with E-state index in [1.54, 1.807) is 25.0 Å². The maximum atomic E-state index is 13.0. The SMILES string of the molecule is COc1ccc(/C=C/C(=O)NC(C)C(=O)N2CCn3c(C(C)C)nnc3C2C)cc1. The first-order valence-electron chi connectivity index (χ1n) is 10.2. The van der Waals surface area contributed by atoms with Crippen molar-refractivity contribution in [3.05, 3.63) is 47.6 Å². The fraction of sp³-hybridized carbons (Fsp3) is 0.455. The van der Waals surface area contributed by atoms with Crippen molar-refractivity contribution in [1.82, 2.24) is 25.0 Å². The van der Waals surface area contributed by atoms with Crippen molar-refractivity contribution in [3.8, 4) is 5.75 Å². The molecule has 2 amide bonds. The number of fused-ring (bicyclic) bond motifs is 1. The summed E-state index contributed by atoms with van der Waals surface area (Å²) in [6.07, 6.45) is 3.13. The van der Waals surface area contributed by atoms with Gasteiger partial charge in [-0.2, -0.15) is 0 Å². The van der Waals surface area contributed by atoms with E-state index in [1.807, 2.05) is 31.2 Å². The second-order valence-corrected chi connectivity index (χ2v) is 7.77. The highest BCUT2D eigenvalue weighted by molar-refractivity contribution is 5.95. The number of aromatic nitrogens is 3. The number of nitrogens with one attached hydrogen (secondary N) is 1. The normalized spacial score (nSPS) is 17.1. The van der Waals surface area contributed by atoms with Crippen LogP contribution in [0, 0.1) is 0 Å². The number of rotatable bonds is 6. The van der Waals surface area contributed by atoms with Gasteiger partial charge >= 0.3 is 0 Å². The molecule has 1 aliphatic rings. The summed E-state index contributed by atoms with van der Waals surface area (Å²) in [6.45, 7) is 9.02. The van der Waals surface area contributed by atoms with E-state index in [0.717, 1.165) is 23.0 Å². The summed E-state index contributed by atoms with van der Waals surface area (Å²) in [5.41, 5.74) is 0.870. The van der Waals surface area contributed by atoms with Gasteiger partial charge in [0.1, 0.15) is 17.6 Å². The Morgan fingerprint density at radius 2 is 1.87 bits per heavy atom. The number of carbonyl (C=O) groups excluding carboxylic acids is 2. The van der Waals surface area contributed by atoms with Crippen LogP contribution in [0.25, 0.3) is 6.08 Å². The van der Waals surface area contributed by atoms with Crippen LogP contribution in [-0.2, 0) is 16.1 Å². The lowest BCUT2D eigenvalue weighted by Gasteiger charge is -2.35. The van der Waals surface area contributed by atoms with Crippen LogP contribution in [0.2, 0.25) is 0 Å². The Bertz CT molecular complexity index is 933. The van der Waals surface area contributed by atoms with Gasteiger partial charge in [-0.25, -0.2) is 0 Å². The first kappa shape index (κ1) is 21.5. The molecule has 1 aromatic heterocycles. The van der Waals surface area contributed by atoms with E-state index in [1.165, 1.54) is 6.08 Å². The summed E-state index contributed by atoms with van der Waals surface area (Å²) in [5, 5.41) is 11.3. The van der Waals surface area contributed by atoms with Gasteiger partial charge < -0.3 is 19.5 Å². The van der Waals surface area contributed by atoms with Crippen molar-refractivity contribution in [3.63, 3.8) is 0 Å². The predicted octanol–water partition coefficient (Wildman–Crippen LogP) is 2.53. The van der Waals surface area contributed by atoms with Crippen molar-refractivity contribution in [2.45, 2.75) is 52.2 Å². The van der Waals surface area contributed by atoms with Gasteiger partial charge in [-0.05, 0) is 37.6 Å². The smallest absolute Gasteiger partial charge is 0.245 e. The molecule has 0 bridgehead atoms.